The Balaban J connectivity index is 1.12. The highest BCUT2D eigenvalue weighted by molar-refractivity contribution is 7.08. The molecular weight excluding hydrogens is 733 g/mol. The Bertz CT molecular complexity index is 1690. The summed E-state index contributed by atoms with van der Waals surface area (Å²) in [7, 11) is 0. The lowest BCUT2D eigenvalue weighted by Gasteiger charge is -2.20. The van der Waals surface area contributed by atoms with E-state index < -0.39 is 35.8 Å². The number of thiophene rings is 2. The molecule has 0 bridgehead atoms. The quantitative estimate of drug-likeness (QED) is 0.0611. The maximum atomic E-state index is 13.8. The molecule has 0 aliphatic rings. The van der Waals surface area contributed by atoms with E-state index in [1.807, 2.05) is 45.8 Å². The van der Waals surface area contributed by atoms with Crippen molar-refractivity contribution in [1.82, 2.24) is 10.6 Å². The topological polar surface area (TPSA) is 143 Å². The Morgan fingerprint density at radius 1 is 0.720 bits per heavy atom. The second-order valence-electron chi connectivity index (χ2n) is 10.4. The summed E-state index contributed by atoms with van der Waals surface area (Å²) >= 11 is 14.7. The third-order valence-corrected chi connectivity index (χ3v) is 8.99. The summed E-state index contributed by atoms with van der Waals surface area (Å²) < 4.78 is 49.7. The first-order chi connectivity index (χ1) is 24.2. The van der Waals surface area contributed by atoms with Crippen LogP contribution in [0.3, 0.4) is 0 Å². The number of hydrogen-bond donors (Lipinski definition) is 2. The number of carbonyl (C=O) groups excluding carboxylic acids is 2. The van der Waals surface area contributed by atoms with Gasteiger partial charge in [-0.25, -0.2) is 18.4 Å². The van der Waals surface area contributed by atoms with Crippen molar-refractivity contribution in [2.45, 2.75) is 25.0 Å². The molecule has 2 aromatic carbocycles. The Hall–Kier alpha value is -4.28. The largest absolute Gasteiger partial charge is 0.484 e. The summed E-state index contributed by atoms with van der Waals surface area (Å²) in [5.41, 5.74) is 1.77. The molecule has 0 amide bonds. The number of nitrogens with zero attached hydrogens (tertiary/aromatic N) is 2. The van der Waals surface area contributed by atoms with Crippen LogP contribution in [0.5, 0.6) is 11.5 Å². The number of carbonyl (C=O) groups is 2. The predicted molar refractivity (Wildman–Crippen MR) is 185 cm³/mol. The number of ether oxygens (including phenoxy) is 4. The van der Waals surface area contributed by atoms with Gasteiger partial charge in [-0.15, -0.1) is 0 Å². The molecule has 4 rings (SSSR count). The van der Waals surface area contributed by atoms with Crippen molar-refractivity contribution in [2.75, 3.05) is 39.4 Å². The number of benzene rings is 2. The minimum atomic E-state index is -1.12. The van der Waals surface area contributed by atoms with Crippen molar-refractivity contribution in [2.24, 2.45) is 0 Å². The van der Waals surface area contributed by atoms with Gasteiger partial charge in [-0.3, -0.25) is 0 Å². The summed E-state index contributed by atoms with van der Waals surface area (Å²) in [5.74, 6) is -3.35. The van der Waals surface area contributed by atoms with Gasteiger partial charge in [-0.1, -0.05) is 23.2 Å². The summed E-state index contributed by atoms with van der Waals surface area (Å²) in [6, 6.07) is 12.2. The van der Waals surface area contributed by atoms with E-state index in [1.54, 1.807) is 0 Å². The van der Waals surface area contributed by atoms with Gasteiger partial charge in [-0.05, 0) is 58.9 Å². The molecule has 50 heavy (non-hydrogen) atoms. The van der Waals surface area contributed by atoms with Crippen molar-refractivity contribution in [1.29, 1.82) is 10.5 Å². The number of nitrogens with one attached hydrogen (secondary N) is 2. The molecule has 4 aromatic rings. The smallest absolute Gasteiger partial charge is 0.417 e. The van der Waals surface area contributed by atoms with Gasteiger partial charge in [0.15, 0.2) is 0 Å². The van der Waals surface area contributed by atoms with Crippen LogP contribution in [-0.2, 0) is 19.1 Å². The zero-order valence-electron chi connectivity index (χ0n) is 26.3. The summed E-state index contributed by atoms with van der Waals surface area (Å²) in [6.07, 6.45) is -0.0108. The highest BCUT2D eigenvalue weighted by Gasteiger charge is 2.21. The minimum Gasteiger partial charge on any atom is -0.484 e. The van der Waals surface area contributed by atoms with E-state index in [0.717, 1.165) is 23.3 Å². The van der Waals surface area contributed by atoms with Crippen molar-refractivity contribution < 1.29 is 37.3 Å². The number of halogens is 4. The molecule has 0 unspecified atom stereocenters. The van der Waals surface area contributed by atoms with Crippen LogP contribution >= 0.6 is 45.9 Å². The van der Waals surface area contributed by atoms with Crippen LogP contribution in [0.4, 0.5) is 8.78 Å². The van der Waals surface area contributed by atoms with E-state index in [4.69, 9.17) is 42.1 Å². The first-order valence-electron chi connectivity index (χ1n) is 15.1. The molecule has 0 saturated heterocycles. The standard InChI is InChI=1S/C34H30Cl2F2N4O6S2/c35-25-15-31(23(17-39)13-27(25)37)47-29(21-3-11-49-19-21)1-5-41-7-9-45-33(43)34(44)46-10-8-42-6-2-30(22-4-12-50-20-22)48-32-16-26(36)28(38)14-24(32)18-40/h3-4,11-16,19-20,29-30,41-42H,1-2,5-10H2/t29-,30-/m1/s1. The zero-order valence-corrected chi connectivity index (χ0v) is 29.4. The van der Waals surface area contributed by atoms with Gasteiger partial charge >= 0.3 is 11.9 Å². The Labute approximate surface area is 305 Å². The van der Waals surface area contributed by atoms with Crippen LogP contribution in [0.25, 0.3) is 0 Å². The lowest BCUT2D eigenvalue weighted by molar-refractivity contribution is -0.167. The fourth-order valence-corrected chi connectivity index (χ4v) is 6.21. The third-order valence-electron chi connectivity index (χ3n) is 7.01. The molecule has 2 atom stereocenters. The van der Waals surface area contributed by atoms with Gasteiger partial charge in [-0.2, -0.15) is 33.2 Å². The average molecular weight is 764 g/mol. The average Bonchev–Trinajstić information content (AvgIpc) is 3.85. The lowest BCUT2D eigenvalue weighted by atomic mass is 10.1. The summed E-state index contributed by atoms with van der Waals surface area (Å²) in [4.78, 5) is 24.1. The number of hydrogen-bond acceptors (Lipinski definition) is 12. The number of rotatable bonds is 18. The van der Waals surface area contributed by atoms with Crippen LogP contribution in [-0.4, -0.2) is 51.3 Å². The van der Waals surface area contributed by atoms with Crippen LogP contribution in [0.15, 0.2) is 57.9 Å². The molecule has 0 spiro atoms. The molecular formula is C34H30Cl2F2N4O6S2. The Morgan fingerprint density at radius 3 is 1.50 bits per heavy atom. The van der Waals surface area contributed by atoms with Crippen molar-refractivity contribution in [3.8, 4) is 23.6 Å². The Kier molecular flexibility index (Phi) is 15.2. The molecule has 0 aliphatic carbocycles. The van der Waals surface area contributed by atoms with E-state index >= 15 is 0 Å². The molecule has 2 aromatic heterocycles. The van der Waals surface area contributed by atoms with Gasteiger partial charge in [0.1, 0.15) is 60.7 Å². The van der Waals surface area contributed by atoms with E-state index in [-0.39, 0.29) is 59.0 Å². The first kappa shape index (κ1) is 38.5. The maximum Gasteiger partial charge on any atom is 0.417 e. The molecule has 0 fully saturated rings. The second kappa shape index (κ2) is 19.8. The number of esters is 2. The maximum absolute atomic E-state index is 13.8. The SMILES string of the molecule is N#Cc1cc(F)c(Cl)cc1O[C@H](CCNCCOC(=O)C(=O)OCCNCC[C@@H](Oc1cc(Cl)c(F)cc1C#N)c1ccsc1)c1ccsc1. The lowest BCUT2D eigenvalue weighted by Crippen LogP contribution is -2.29. The van der Waals surface area contributed by atoms with E-state index in [1.165, 1.54) is 34.8 Å². The normalized spacial score (nSPS) is 12.0. The van der Waals surface area contributed by atoms with Crippen molar-refractivity contribution >= 4 is 57.8 Å². The highest BCUT2D eigenvalue weighted by Crippen LogP contribution is 2.33. The molecule has 0 radical (unpaired) electrons. The predicted octanol–water partition coefficient (Wildman–Crippen LogP) is 7.12. The fourth-order valence-electron chi connectivity index (χ4n) is 4.50. The highest BCUT2D eigenvalue weighted by atomic mass is 35.5. The zero-order chi connectivity index (χ0) is 35.9. The monoisotopic (exact) mass is 762 g/mol. The molecule has 2 N–H and O–H groups in total. The van der Waals surface area contributed by atoms with Gasteiger partial charge < -0.3 is 29.6 Å². The Morgan fingerprint density at radius 2 is 1.14 bits per heavy atom. The molecule has 10 nitrogen and oxygen atoms in total. The van der Waals surface area contributed by atoms with Crippen LogP contribution in [0, 0.1) is 34.3 Å². The molecule has 0 saturated carbocycles. The van der Waals surface area contributed by atoms with E-state index in [9.17, 15) is 28.9 Å². The summed E-state index contributed by atoms with van der Waals surface area (Å²) in [6.45, 7) is 1.19. The van der Waals surface area contributed by atoms with Crippen molar-refractivity contribution in [3.05, 3.63) is 102 Å². The van der Waals surface area contributed by atoms with Gasteiger partial charge in [0.05, 0.1) is 21.2 Å². The van der Waals surface area contributed by atoms with E-state index in [2.05, 4.69) is 10.6 Å². The molecule has 16 heteroatoms. The van der Waals surface area contributed by atoms with Crippen molar-refractivity contribution in [3.63, 3.8) is 0 Å². The van der Waals surface area contributed by atoms with Gasteiger partial charge in [0.25, 0.3) is 0 Å². The first-order valence-corrected chi connectivity index (χ1v) is 17.7. The minimum absolute atomic E-state index is 0.0209. The third kappa shape index (κ3) is 11.4. The van der Waals surface area contributed by atoms with Gasteiger partial charge in [0.2, 0.25) is 0 Å². The van der Waals surface area contributed by atoms with E-state index in [0.29, 0.717) is 25.9 Å². The second-order valence-corrected chi connectivity index (χ2v) is 12.8. The fraction of sp³-hybridized carbons (Fsp3) is 0.294. The molecule has 262 valence electrons. The van der Waals surface area contributed by atoms with Gasteiger partial charge in [0, 0.05) is 49.2 Å². The molecule has 0 aliphatic heterocycles. The molecule has 2 heterocycles. The van der Waals surface area contributed by atoms with Crippen LogP contribution in [0.1, 0.15) is 47.3 Å². The van der Waals surface area contributed by atoms with Crippen LogP contribution in [0.2, 0.25) is 10.0 Å². The number of nitriles is 2. The van der Waals surface area contributed by atoms with Crippen LogP contribution < -0.4 is 20.1 Å². The summed E-state index contributed by atoms with van der Waals surface area (Å²) in [5, 5.41) is 32.2.